The number of benzene rings is 2. The van der Waals surface area contributed by atoms with E-state index in [9.17, 15) is 9.59 Å². The fraction of sp³-hybridized carbons (Fsp3) is 0.333. The van der Waals surface area contributed by atoms with E-state index in [1.165, 1.54) is 11.1 Å². The molecule has 148 valence electrons. The Hall–Kier alpha value is -3.26. The molecule has 1 aliphatic carbocycles. The Bertz CT molecular complexity index is 933. The number of nitrogens with one attached hydrogen (secondary N) is 1. The molecule has 2 amide bonds. The van der Waals surface area contributed by atoms with Crippen LogP contribution < -0.4 is 5.32 Å². The molecule has 1 heterocycles. The van der Waals surface area contributed by atoms with Crippen molar-refractivity contribution in [1.82, 2.24) is 10.2 Å². The van der Waals surface area contributed by atoms with Gasteiger partial charge in [-0.1, -0.05) is 54.5 Å². The highest BCUT2D eigenvalue weighted by Gasteiger charge is 2.32. The van der Waals surface area contributed by atoms with E-state index in [0.29, 0.717) is 6.54 Å². The highest BCUT2D eigenvalue weighted by Crippen LogP contribution is 2.44. The zero-order valence-corrected chi connectivity index (χ0v) is 16.4. The lowest BCUT2D eigenvalue weighted by molar-refractivity contribution is -0.132. The number of terminal acetylenes is 1. The van der Waals surface area contributed by atoms with Crippen LogP contribution in [-0.4, -0.2) is 42.1 Å². The molecule has 29 heavy (non-hydrogen) atoms. The summed E-state index contributed by atoms with van der Waals surface area (Å²) in [5.74, 6) is 2.47. The number of likely N-dealkylation sites (tertiary alicyclic amines) is 1. The molecule has 0 radical (unpaired) electrons. The Labute approximate surface area is 171 Å². The minimum absolute atomic E-state index is 0.0106. The van der Waals surface area contributed by atoms with Crippen molar-refractivity contribution < 1.29 is 14.3 Å². The first-order valence-electron chi connectivity index (χ1n) is 9.98. The molecular formula is C24H24N2O3. The average molecular weight is 388 g/mol. The van der Waals surface area contributed by atoms with Gasteiger partial charge in [0, 0.05) is 12.5 Å². The molecule has 1 N–H and O–H groups in total. The topological polar surface area (TPSA) is 58.6 Å². The number of carbonyl (C=O) groups is 2. The van der Waals surface area contributed by atoms with Gasteiger partial charge in [0.1, 0.15) is 12.6 Å². The molecule has 1 aliphatic heterocycles. The molecular weight excluding hydrogens is 364 g/mol. The highest BCUT2D eigenvalue weighted by molar-refractivity contribution is 5.86. The van der Waals surface area contributed by atoms with Gasteiger partial charge in [0.25, 0.3) is 0 Å². The van der Waals surface area contributed by atoms with Crippen molar-refractivity contribution in [2.24, 2.45) is 0 Å². The van der Waals surface area contributed by atoms with Crippen LogP contribution in [0.1, 0.15) is 36.8 Å². The SMILES string of the molecule is C#C[C@H]1CCCN1C(=O)[C@H](C)NC(=O)OCC1c2ccccc2-c2ccccc21. The normalized spacial score (nSPS) is 18.5. The molecule has 5 heteroatoms. The first kappa shape index (κ1) is 19.1. The Morgan fingerprint density at radius 1 is 1.17 bits per heavy atom. The zero-order chi connectivity index (χ0) is 20.4. The van der Waals surface area contributed by atoms with Gasteiger partial charge in [-0.2, -0.15) is 0 Å². The van der Waals surface area contributed by atoms with Crippen LogP contribution in [0, 0.1) is 12.3 Å². The first-order chi connectivity index (χ1) is 14.1. The lowest BCUT2D eigenvalue weighted by Gasteiger charge is -2.25. The van der Waals surface area contributed by atoms with E-state index in [1.54, 1.807) is 11.8 Å². The summed E-state index contributed by atoms with van der Waals surface area (Å²) in [4.78, 5) is 26.6. The quantitative estimate of drug-likeness (QED) is 0.815. The number of nitrogens with zero attached hydrogens (tertiary/aromatic N) is 1. The van der Waals surface area contributed by atoms with Gasteiger partial charge in [-0.05, 0) is 42.0 Å². The number of ether oxygens (including phenoxy) is 1. The number of hydrogen-bond acceptors (Lipinski definition) is 3. The summed E-state index contributed by atoms with van der Waals surface area (Å²) < 4.78 is 5.52. The number of hydrogen-bond donors (Lipinski definition) is 1. The van der Waals surface area contributed by atoms with E-state index >= 15 is 0 Å². The molecule has 5 nitrogen and oxygen atoms in total. The maximum absolute atomic E-state index is 12.6. The lowest BCUT2D eigenvalue weighted by atomic mass is 9.98. The van der Waals surface area contributed by atoms with Crippen molar-refractivity contribution in [3.05, 3.63) is 59.7 Å². The van der Waals surface area contributed by atoms with Gasteiger partial charge in [-0.3, -0.25) is 4.79 Å². The van der Waals surface area contributed by atoms with Crippen molar-refractivity contribution in [3.63, 3.8) is 0 Å². The second-order valence-electron chi connectivity index (χ2n) is 7.55. The van der Waals surface area contributed by atoms with Gasteiger partial charge in [-0.15, -0.1) is 6.42 Å². The molecule has 0 bridgehead atoms. The molecule has 1 fully saturated rings. The van der Waals surface area contributed by atoms with Crippen LogP contribution in [0.4, 0.5) is 4.79 Å². The molecule has 0 unspecified atom stereocenters. The smallest absolute Gasteiger partial charge is 0.407 e. The van der Waals surface area contributed by atoms with E-state index in [-0.39, 0.29) is 24.5 Å². The standard InChI is InChI=1S/C24H24N2O3/c1-3-17-9-8-14-26(17)23(27)16(2)25-24(28)29-15-22-20-12-6-4-10-18(20)19-11-5-7-13-21(19)22/h1,4-7,10-13,16-17,22H,8-9,14-15H2,2H3,(H,25,28)/t16-,17-/m0/s1. The third kappa shape index (κ3) is 3.58. The first-order valence-corrected chi connectivity index (χ1v) is 9.98. The molecule has 0 spiro atoms. The van der Waals surface area contributed by atoms with Crippen molar-refractivity contribution in [1.29, 1.82) is 0 Å². The average Bonchev–Trinajstić information content (AvgIpc) is 3.34. The highest BCUT2D eigenvalue weighted by atomic mass is 16.5. The molecule has 0 aromatic heterocycles. The van der Waals surface area contributed by atoms with Crippen LogP contribution >= 0.6 is 0 Å². The van der Waals surface area contributed by atoms with Crippen LogP contribution in [-0.2, 0) is 9.53 Å². The molecule has 0 saturated carbocycles. The Balaban J connectivity index is 1.39. The summed E-state index contributed by atoms with van der Waals surface area (Å²) in [7, 11) is 0. The van der Waals surface area contributed by atoms with E-state index in [4.69, 9.17) is 11.2 Å². The van der Waals surface area contributed by atoms with Crippen molar-refractivity contribution in [2.75, 3.05) is 13.2 Å². The third-order valence-electron chi connectivity index (χ3n) is 5.78. The van der Waals surface area contributed by atoms with Crippen LogP contribution in [0.25, 0.3) is 11.1 Å². The van der Waals surface area contributed by atoms with Crippen molar-refractivity contribution >= 4 is 12.0 Å². The minimum Gasteiger partial charge on any atom is -0.449 e. The maximum atomic E-state index is 12.6. The van der Waals surface area contributed by atoms with Gasteiger partial charge in [-0.25, -0.2) is 4.79 Å². The summed E-state index contributed by atoms with van der Waals surface area (Å²) in [5.41, 5.74) is 4.66. The fourth-order valence-corrected chi connectivity index (χ4v) is 4.33. The van der Waals surface area contributed by atoms with E-state index in [1.807, 2.05) is 24.3 Å². The van der Waals surface area contributed by atoms with Gasteiger partial charge >= 0.3 is 6.09 Å². The summed E-state index contributed by atoms with van der Waals surface area (Å²) in [6, 6.07) is 15.5. The molecule has 2 atom stereocenters. The predicted molar refractivity (Wildman–Crippen MR) is 111 cm³/mol. The van der Waals surface area contributed by atoms with E-state index < -0.39 is 12.1 Å². The van der Waals surface area contributed by atoms with Gasteiger partial charge in [0.15, 0.2) is 0 Å². The van der Waals surface area contributed by atoms with Crippen molar-refractivity contribution in [3.8, 4) is 23.5 Å². The lowest BCUT2D eigenvalue weighted by Crippen LogP contribution is -2.48. The van der Waals surface area contributed by atoms with Crippen LogP contribution in [0.15, 0.2) is 48.5 Å². The Kier molecular flexibility index (Phi) is 5.26. The monoisotopic (exact) mass is 388 g/mol. The molecule has 2 aromatic carbocycles. The second-order valence-corrected chi connectivity index (χ2v) is 7.55. The summed E-state index contributed by atoms with van der Waals surface area (Å²) in [5, 5.41) is 2.65. The van der Waals surface area contributed by atoms with Gasteiger partial charge in [0.2, 0.25) is 5.91 Å². The number of rotatable bonds is 4. The zero-order valence-electron chi connectivity index (χ0n) is 16.4. The number of carbonyl (C=O) groups excluding carboxylic acids is 2. The number of amides is 2. The molecule has 4 rings (SSSR count). The van der Waals surface area contributed by atoms with Gasteiger partial charge in [0.05, 0.1) is 6.04 Å². The van der Waals surface area contributed by atoms with Gasteiger partial charge < -0.3 is 15.0 Å². The predicted octanol–water partition coefficient (Wildman–Crippen LogP) is 3.54. The second kappa shape index (κ2) is 8.00. The van der Waals surface area contributed by atoms with Crippen LogP contribution in [0.5, 0.6) is 0 Å². The molecule has 2 aliphatic rings. The van der Waals surface area contributed by atoms with Crippen LogP contribution in [0.2, 0.25) is 0 Å². The Morgan fingerprint density at radius 3 is 2.41 bits per heavy atom. The number of fused-ring (bicyclic) bond motifs is 3. The van der Waals surface area contributed by atoms with E-state index in [2.05, 4.69) is 35.5 Å². The minimum atomic E-state index is -0.681. The third-order valence-corrected chi connectivity index (χ3v) is 5.78. The molecule has 2 aromatic rings. The summed E-state index contributed by atoms with van der Waals surface area (Å²) in [6.07, 6.45) is 6.60. The molecule has 1 saturated heterocycles. The van der Waals surface area contributed by atoms with Crippen molar-refractivity contribution in [2.45, 2.75) is 37.8 Å². The van der Waals surface area contributed by atoms with Crippen LogP contribution in [0.3, 0.4) is 0 Å². The number of alkyl carbamates (subject to hydrolysis) is 1. The summed E-state index contributed by atoms with van der Waals surface area (Å²) >= 11 is 0. The maximum Gasteiger partial charge on any atom is 0.407 e. The summed E-state index contributed by atoms with van der Waals surface area (Å²) in [6.45, 7) is 2.51. The fourth-order valence-electron chi connectivity index (χ4n) is 4.33. The van der Waals surface area contributed by atoms with E-state index in [0.717, 1.165) is 24.0 Å². The Morgan fingerprint density at radius 2 is 1.79 bits per heavy atom. The largest absolute Gasteiger partial charge is 0.449 e.